The molecule has 2 aromatic carbocycles. The van der Waals surface area contributed by atoms with E-state index in [1.165, 1.54) is 11.1 Å². The largest absolute Gasteiger partial charge is 0.365 e. The zero-order valence-corrected chi connectivity index (χ0v) is 12.1. The van der Waals surface area contributed by atoms with Crippen molar-refractivity contribution in [3.05, 3.63) is 65.7 Å². The number of benzene rings is 2. The van der Waals surface area contributed by atoms with E-state index in [9.17, 15) is 0 Å². The van der Waals surface area contributed by atoms with E-state index in [0.29, 0.717) is 0 Å². The number of thiocarbonyl (C=S) groups is 1. The number of hydrogen-bond donors (Lipinski definition) is 1. The SMILES string of the molecule is CNC(=S)N(Cc1ccccc1)c1ccc(C)cc1. The molecule has 0 aliphatic rings. The fraction of sp³-hybridized carbons (Fsp3) is 0.188. The highest BCUT2D eigenvalue weighted by molar-refractivity contribution is 7.80. The van der Waals surface area contributed by atoms with E-state index >= 15 is 0 Å². The van der Waals surface area contributed by atoms with Crippen molar-refractivity contribution in [1.82, 2.24) is 5.32 Å². The van der Waals surface area contributed by atoms with Crippen LogP contribution in [0.25, 0.3) is 0 Å². The van der Waals surface area contributed by atoms with Crippen molar-refractivity contribution in [2.75, 3.05) is 11.9 Å². The Labute approximate surface area is 120 Å². The average molecular weight is 270 g/mol. The lowest BCUT2D eigenvalue weighted by molar-refractivity contribution is 0.973. The second kappa shape index (κ2) is 6.34. The molecule has 0 saturated carbocycles. The maximum atomic E-state index is 5.41. The molecule has 0 radical (unpaired) electrons. The van der Waals surface area contributed by atoms with Crippen molar-refractivity contribution >= 4 is 23.0 Å². The standard InChI is InChI=1S/C16H18N2S/c1-13-8-10-15(11-9-13)18(16(19)17-2)12-14-6-4-3-5-7-14/h3-11H,12H2,1-2H3,(H,17,19). The first-order valence-electron chi connectivity index (χ1n) is 6.30. The van der Waals surface area contributed by atoms with E-state index in [1.807, 2.05) is 25.2 Å². The average Bonchev–Trinajstić information content (AvgIpc) is 2.46. The summed E-state index contributed by atoms with van der Waals surface area (Å²) in [5.74, 6) is 0. The van der Waals surface area contributed by atoms with Gasteiger partial charge in [-0.25, -0.2) is 0 Å². The minimum atomic E-state index is 0.729. The Morgan fingerprint density at radius 3 is 2.26 bits per heavy atom. The maximum Gasteiger partial charge on any atom is 0.173 e. The zero-order valence-electron chi connectivity index (χ0n) is 11.3. The molecule has 0 bridgehead atoms. The normalized spacial score (nSPS) is 10.0. The highest BCUT2D eigenvalue weighted by Gasteiger charge is 2.11. The lowest BCUT2D eigenvalue weighted by Gasteiger charge is -2.25. The van der Waals surface area contributed by atoms with Gasteiger partial charge in [-0.15, -0.1) is 0 Å². The summed E-state index contributed by atoms with van der Waals surface area (Å²) in [5.41, 5.74) is 3.59. The third kappa shape index (κ3) is 3.55. The summed E-state index contributed by atoms with van der Waals surface area (Å²) in [4.78, 5) is 2.10. The van der Waals surface area contributed by atoms with Gasteiger partial charge in [0, 0.05) is 12.7 Å². The minimum absolute atomic E-state index is 0.729. The van der Waals surface area contributed by atoms with E-state index in [-0.39, 0.29) is 0 Å². The highest BCUT2D eigenvalue weighted by Crippen LogP contribution is 2.18. The van der Waals surface area contributed by atoms with Crippen molar-refractivity contribution in [3.63, 3.8) is 0 Å². The van der Waals surface area contributed by atoms with Crippen LogP contribution in [0, 0.1) is 6.92 Å². The molecule has 0 aromatic heterocycles. The van der Waals surface area contributed by atoms with Crippen LogP contribution in [0.5, 0.6) is 0 Å². The molecule has 0 amide bonds. The summed E-state index contributed by atoms with van der Waals surface area (Å²) < 4.78 is 0. The van der Waals surface area contributed by atoms with Crippen LogP contribution in [0.3, 0.4) is 0 Å². The molecule has 98 valence electrons. The van der Waals surface area contributed by atoms with E-state index in [1.54, 1.807) is 0 Å². The molecule has 3 heteroatoms. The first kappa shape index (κ1) is 13.6. The third-order valence-corrected chi connectivity index (χ3v) is 3.41. The van der Waals surface area contributed by atoms with Crippen molar-refractivity contribution in [3.8, 4) is 0 Å². The monoisotopic (exact) mass is 270 g/mol. The molecule has 1 N–H and O–H groups in total. The first-order valence-corrected chi connectivity index (χ1v) is 6.71. The van der Waals surface area contributed by atoms with Crippen LogP contribution in [0.15, 0.2) is 54.6 Å². The van der Waals surface area contributed by atoms with Gasteiger partial charge < -0.3 is 10.2 Å². The number of hydrogen-bond acceptors (Lipinski definition) is 1. The Bertz CT molecular complexity index is 534. The van der Waals surface area contributed by atoms with Crippen LogP contribution in [0.2, 0.25) is 0 Å². The molecule has 2 aromatic rings. The Morgan fingerprint density at radius 2 is 1.68 bits per heavy atom. The molecular weight excluding hydrogens is 252 g/mol. The Kier molecular flexibility index (Phi) is 4.53. The Balaban J connectivity index is 2.26. The molecule has 0 heterocycles. The molecule has 0 aliphatic heterocycles. The Hall–Kier alpha value is -1.87. The summed E-state index contributed by atoms with van der Waals surface area (Å²) >= 11 is 5.41. The molecule has 0 aliphatic carbocycles. The van der Waals surface area contributed by atoms with Crippen LogP contribution in [0.1, 0.15) is 11.1 Å². The van der Waals surface area contributed by atoms with Crippen molar-refractivity contribution < 1.29 is 0 Å². The van der Waals surface area contributed by atoms with Crippen molar-refractivity contribution in [2.45, 2.75) is 13.5 Å². The fourth-order valence-electron chi connectivity index (χ4n) is 1.91. The molecule has 0 unspecified atom stereocenters. The zero-order chi connectivity index (χ0) is 13.7. The van der Waals surface area contributed by atoms with Gasteiger partial charge >= 0.3 is 0 Å². The Morgan fingerprint density at radius 1 is 1.05 bits per heavy atom. The van der Waals surface area contributed by atoms with Crippen molar-refractivity contribution in [2.24, 2.45) is 0 Å². The van der Waals surface area contributed by atoms with Gasteiger partial charge in [0.15, 0.2) is 5.11 Å². The van der Waals surface area contributed by atoms with E-state index in [0.717, 1.165) is 17.3 Å². The fourth-order valence-corrected chi connectivity index (χ4v) is 2.08. The molecule has 0 spiro atoms. The predicted octanol–water partition coefficient (Wildman–Crippen LogP) is 3.51. The van der Waals surface area contributed by atoms with E-state index in [2.05, 4.69) is 53.5 Å². The minimum Gasteiger partial charge on any atom is -0.365 e. The molecule has 0 saturated heterocycles. The van der Waals surface area contributed by atoms with Gasteiger partial charge in [0.05, 0.1) is 6.54 Å². The van der Waals surface area contributed by atoms with Crippen LogP contribution in [-0.2, 0) is 6.54 Å². The van der Waals surface area contributed by atoms with E-state index in [4.69, 9.17) is 12.2 Å². The topological polar surface area (TPSA) is 15.3 Å². The second-order valence-electron chi connectivity index (χ2n) is 4.46. The van der Waals surface area contributed by atoms with Gasteiger partial charge in [-0.05, 0) is 36.8 Å². The summed E-state index contributed by atoms with van der Waals surface area (Å²) in [6.07, 6.45) is 0. The van der Waals surface area contributed by atoms with Gasteiger partial charge in [-0.1, -0.05) is 48.0 Å². The second-order valence-corrected chi connectivity index (χ2v) is 4.85. The van der Waals surface area contributed by atoms with Crippen LogP contribution in [0.4, 0.5) is 5.69 Å². The lowest BCUT2D eigenvalue weighted by Crippen LogP contribution is -2.37. The highest BCUT2D eigenvalue weighted by atomic mass is 32.1. The third-order valence-electron chi connectivity index (χ3n) is 2.99. The van der Waals surface area contributed by atoms with Gasteiger partial charge in [0.1, 0.15) is 0 Å². The molecule has 0 atom stereocenters. The summed E-state index contributed by atoms with van der Waals surface area (Å²) in [7, 11) is 1.86. The molecule has 2 rings (SSSR count). The number of anilines is 1. The van der Waals surface area contributed by atoms with Gasteiger partial charge in [-0.2, -0.15) is 0 Å². The number of aryl methyl sites for hydroxylation is 1. The van der Waals surface area contributed by atoms with Crippen molar-refractivity contribution in [1.29, 1.82) is 0 Å². The maximum absolute atomic E-state index is 5.41. The predicted molar refractivity (Wildman–Crippen MR) is 85.5 cm³/mol. The number of nitrogens with zero attached hydrogens (tertiary/aromatic N) is 1. The van der Waals surface area contributed by atoms with Crippen LogP contribution in [-0.4, -0.2) is 12.2 Å². The smallest absolute Gasteiger partial charge is 0.173 e. The molecule has 19 heavy (non-hydrogen) atoms. The molecular formula is C16H18N2S. The van der Waals surface area contributed by atoms with Gasteiger partial charge in [0.2, 0.25) is 0 Å². The summed E-state index contributed by atoms with van der Waals surface area (Å²) in [5, 5.41) is 3.79. The lowest BCUT2D eigenvalue weighted by atomic mass is 10.2. The first-order chi connectivity index (χ1) is 9.20. The summed E-state index contributed by atoms with van der Waals surface area (Å²) in [6.45, 7) is 2.85. The molecule has 0 fully saturated rings. The number of nitrogens with one attached hydrogen (secondary N) is 1. The van der Waals surface area contributed by atoms with Crippen LogP contribution >= 0.6 is 12.2 Å². The molecule has 2 nitrogen and oxygen atoms in total. The summed E-state index contributed by atoms with van der Waals surface area (Å²) in [6, 6.07) is 18.7. The number of rotatable bonds is 3. The van der Waals surface area contributed by atoms with Crippen LogP contribution < -0.4 is 10.2 Å². The van der Waals surface area contributed by atoms with Gasteiger partial charge in [0.25, 0.3) is 0 Å². The quantitative estimate of drug-likeness (QED) is 0.859. The van der Waals surface area contributed by atoms with E-state index < -0.39 is 0 Å². The van der Waals surface area contributed by atoms with Gasteiger partial charge in [-0.3, -0.25) is 0 Å².